The third-order valence-corrected chi connectivity index (χ3v) is 7.46. The third-order valence-electron chi connectivity index (χ3n) is 7.46. The van der Waals surface area contributed by atoms with Crippen molar-refractivity contribution in [1.82, 2.24) is 15.5 Å². The summed E-state index contributed by atoms with van der Waals surface area (Å²) in [6.45, 7) is 5.44. The largest absolute Gasteiger partial charge is 0.494 e. The number of guanidine groups is 1. The van der Waals surface area contributed by atoms with Crippen molar-refractivity contribution in [2.45, 2.75) is 77.3 Å². The number of hydrogen-bond donors (Lipinski definition) is 3. The van der Waals surface area contributed by atoms with E-state index in [0.29, 0.717) is 24.7 Å². The molecule has 0 radical (unpaired) electrons. The molecule has 1 aliphatic carbocycles. The van der Waals surface area contributed by atoms with Gasteiger partial charge in [-0.05, 0) is 68.4 Å². The minimum atomic E-state index is -0.691. The van der Waals surface area contributed by atoms with Gasteiger partial charge in [0.25, 0.3) is 0 Å². The SMILES string of the molecule is CCN1CCC(CC(=O)NC(N)=NC(CC2CCCCC2)C(=O)NCc2ccc(F)c(OC)c2)CC1. The summed E-state index contributed by atoms with van der Waals surface area (Å²) < 4.78 is 18.7. The van der Waals surface area contributed by atoms with Crippen molar-refractivity contribution in [2.24, 2.45) is 22.6 Å². The van der Waals surface area contributed by atoms with Gasteiger partial charge in [-0.25, -0.2) is 9.38 Å². The number of likely N-dealkylation sites (tertiary alicyclic amines) is 1. The van der Waals surface area contributed by atoms with Gasteiger partial charge in [0.05, 0.1) is 7.11 Å². The number of halogens is 1. The first kappa shape index (κ1) is 27.9. The van der Waals surface area contributed by atoms with Crippen LogP contribution in [-0.2, 0) is 16.1 Å². The zero-order chi connectivity index (χ0) is 25.9. The summed E-state index contributed by atoms with van der Waals surface area (Å²) in [5.74, 6) is 0.00326. The summed E-state index contributed by atoms with van der Waals surface area (Å²) in [6, 6.07) is 3.80. The Kier molecular flexibility index (Phi) is 11.0. The van der Waals surface area contributed by atoms with Crippen LogP contribution in [-0.4, -0.2) is 55.5 Å². The van der Waals surface area contributed by atoms with Crippen LogP contribution in [0.4, 0.5) is 4.39 Å². The normalized spacial score (nSPS) is 19.0. The molecule has 1 aliphatic heterocycles. The van der Waals surface area contributed by atoms with Gasteiger partial charge in [0, 0.05) is 13.0 Å². The molecule has 9 heteroatoms. The van der Waals surface area contributed by atoms with E-state index in [9.17, 15) is 14.0 Å². The van der Waals surface area contributed by atoms with Crippen LogP contribution < -0.4 is 21.1 Å². The third kappa shape index (κ3) is 8.76. The summed E-state index contributed by atoms with van der Waals surface area (Å²) in [4.78, 5) is 32.5. The van der Waals surface area contributed by atoms with E-state index in [2.05, 4.69) is 27.4 Å². The summed E-state index contributed by atoms with van der Waals surface area (Å²) in [5.41, 5.74) is 6.82. The van der Waals surface area contributed by atoms with Crippen LogP contribution in [0.15, 0.2) is 23.2 Å². The van der Waals surface area contributed by atoms with Crippen molar-refractivity contribution in [3.63, 3.8) is 0 Å². The van der Waals surface area contributed by atoms with E-state index in [1.54, 1.807) is 12.1 Å². The van der Waals surface area contributed by atoms with Gasteiger partial charge in [0.15, 0.2) is 17.5 Å². The zero-order valence-electron chi connectivity index (χ0n) is 21.7. The molecule has 1 atom stereocenters. The first-order valence-corrected chi connectivity index (χ1v) is 13.3. The van der Waals surface area contributed by atoms with Gasteiger partial charge in [-0.15, -0.1) is 0 Å². The second-order valence-corrected chi connectivity index (χ2v) is 10.1. The van der Waals surface area contributed by atoms with Gasteiger partial charge < -0.3 is 20.7 Å². The Morgan fingerprint density at radius 3 is 2.56 bits per heavy atom. The number of amides is 2. The minimum absolute atomic E-state index is 0.00888. The molecule has 2 aliphatic rings. The van der Waals surface area contributed by atoms with E-state index in [4.69, 9.17) is 10.5 Å². The molecular weight excluding hydrogens is 461 g/mol. The Morgan fingerprint density at radius 2 is 1.89 bits per heavy atom. The molecule has 1 aromatic carbocycles. The molecule has 1 heterocycles. The lowest BCUT2D eigenvalue weighted by Crippen LogP contribution is -2.42. The predicted octanol–water partition coefficient (Wildman–Crippen LogP) is 3.34. The highest BCUT2D eigenvalue weighted by Crippen LogP contribution is 2.28. The molecule has 0 spiro atoms. The fraction of sp³-hybridized carbons (Fsp3) is 0.667. The van der Waals surface area contributed by atoms with Crippen LogP contribution in [0.2, 0.25) is 0 Å². The second kappa shape index (κ2) is 14.2. The van der Waals surface area contributed by atoms with Gasteiger partial charge in [0.2, 0.25) is 11.8 Å². The van der Waals surface area contributed by atoms with Crippen LogP contribution in [0.25, 0.3) is 0 Å². The zero-order valence-corrected chi connectivity index (χ0v) is 21.7. The number of nitrogens with two attached hydrogens (primary N) is 1. The highest BCUT2D eigenvalue weighted by molar-refractivity contribution is 5.97. The van der Waals surface area contributed by atoms with E-state index in [1.807, 2.05) is 0 Å². The Hall–Kier alpha value is -2.68. The predicted molar refractivity (Wildman–Crippen MR) is 139 cm³/mol. The number of methoxy groups -OCH3 is 1. The molecule has 1 unspecified atom stereocenters. The van der Waals surface area contributed by atoms with Crippen LogP contribution in [0.3, 0.4) is 0 Å². The topological polar surface area (TPSA) is 109 Å². The Balaban J connectivity index is 1.59. The van der Waals surface area contributed by atoms with E-state index >= 15 is 0 Å². The smallest absolute Gasteiger partial charge is 0.245 e. The summed E-state index contributed by atoms with van der Waals surface area (Å²) in [5, 5.41) is 5.60. The summed E-state index contributed by atoms with van der Waals surface area (Å²) in [6.07, 6.45) is 8.66. The molecule has 1 saturated heterocycles. The lowest BCUT2D eigenvalue weighted by atomic mass is 9.84. The molecule has 0 aromatic heterocycles. The first-order valence-electron chi connectivity index (χ1n) is 13.3. The Bertz CT molecular complexity index is 895. The van der Waals surface area contributed by atoms with Crippen LogP contribution in [0.5, 0.6) is 5.75 Å². The number of hydrogen-bond acceptors (Lipinski definition) is 5. The van der Waals surface area contributed by atoms with Crippen LogP contribution >= 0.6 is 0 Å². The maximum absolute atomic E-state index is 13.7. The van der Waals surface area contributed by atoms with Crippen LogP contribution in [0, 0.1) is 17.7 Å². The lowest BCUT2D eigenvalue weighted by Gasteiger charge is -2.30. The number of aliphatic imine (C=N–C) groups is 1. The quantitative estimate of drug-likeness (QED) is 0.335. The molecule has 36 heavy (non-hydrogen) atoms. The number of piperidine rings is 1. The maximum Gasteiger partial charge on any atom is 0.245 e. The van der Waals surface area contributed by atoms with Gasteiger partial charge in [-0.1, -0.05) is 45.1 Å². The molecule has 4 N–H and O–H groups in total. The number of rotatable bonds is 10. The average molecular weight is 504 g/mol. The number of carbonyl (C=O) groups excluding carboxylic acids is 2. The van der Waals surface area contributed by atoms with E-state index in [-0.39, 0.29) is 30.1 Å². The average Bonchev–Trinajstić information content (AvgIpc) is 2.88. The van der Waals surface area contributed by atoms with Crippen molar-refractivity contribution in [3.05, 3.63) is 29.6 Å². The number of benzene rings is 1. The molecule has 0 bridgehead atoms. The van der Waals surface area contributed by atoms with Crippen molar-refractivity contribution < 1.29 is 18.7 Å². The summed E-state index contributed by atoms with van der Waals surface area (Å²) in [7, 11) is 1.40. The molecule has 8 nitrogen and oxygen atoms in total. The number of carbonyl (C=O) groups is 2. The molecule has 200 valence electrons. The minimum Gasteiger partial charge on any atom is -0.494 e. The molecule has 1 aromatic rings. The lowest BCUT2D eigenvalue weighted by molar-refractivity contribution is -0.123. The van der Waals surface area contributed by atoms with Gasteiger partial charge in [-0.3, -0.25) is 14.9 Å². The van der Waals surface area contributed by atoms with Crippen molar-refractivity contribution in [1.29, 1.82) is 0 Å². The highest BCUT2D eigenvalue weighted by Gasteiger charge is 2.25. The van der Waals surface area contributed by atoms with E-state index in [0.717, 1.165) is 63.7 Å². The van der Waals surface area contributed by atoms with Crippen molar-refractivity contribution in [3.8, 4) is 5.75 Å². The second-order valence-electron chi connectivity index (χ2n) is 10.1. The number of nitrogens with one attached hydrogen (secondary N) is 2. The van der Waals surface area contributed by atoms with Gasteiger partial charge >= 0.3 is 0 Å². The monoisotopic (exact) mass is 503 g/mol. The maximum atomic E-state index is 13.7. The van der Waals surface area contributed by atoms with Crippen molar-refractivity contribution >= 4 is 17.8 Å². The number of ether oxygens (including phenoxy) is 1. The van der Waals surface area contributed by atoms with E-state index < -0.39 is 11.9 Å². The fourth-order valence-corrected chi connectivity index (χ4v) is 5.24. The summed E-state index contributed by atoms with van der Waals surface area (Å²) >= 11 is 0. The fourth-order valence-electron chi connectivity index (χ4n) is 5.24. The van der Waals surface area contributed by atoms with Crippen LogP contribution in [0.1, 0.15) is 70.3 Å². The van der Waals surface area contributed by atoms with Gasteiger partial charge in [-0.2, -0.15) is 0 Å². The Morgan fingerprint density at radius 1 is 1.17 bits per heavy atom. The molecule has 3 rings (SSSR count). The van der Waals surface area contributed by atoms with E-state index in [1.165, 1.54) is 19.6 Å². The Labute approximate surface area is 214 Å². The standard InChI is InChI=1S/C27H42FN5O3/c1-3-33-13-11-20(12-14-33)17-25(34)32-27(29)31-23(15-19-7-5-4-6-8-19)26(35)30-18-21-9-10-22(28)24(16-21)36-2/h9-10,16,19-20,23H,3-8,11-15,17-18H2,1-2H3,(H,30,35)(H3,29,31,32,34). The molecule has 2 fully saturated rings. The molecule has 2 amide bonds. The highest BCUT2D eigenvalue weighted by atomic mass is 19.1. The van der Waals surface area contributed by atoms with Crippen molar-refractivity contribution in [2.75, 3.05) is 26.7 Å². The molecular formula is C27H42FN5O3. The number of nitrogens with zero attached hydrogens (tertiary/aromatic N) is 2. The van der Waals surface area contributed by atoms with Gasteiger partial charge in [0.1, 0.15) is 6.04 Å². The molecule has 1 saturated carbocycles. The first-order chi connectivity index (χ1) is 17.4.